The number of rotatable bonds is 4. The van der Waals surface area contributed by atoms with Gasteiger partial charge in [0, 0.05) is 31.0 Å². The molecule has 0 amide bonds. The van der Waals surface area contributed by atoms with Gasteiger partial charge in [-0.3, -0.25) is 0 Å². The Bertz CT molecular complexity index is 179. The van der Waals surface area contributed by atoms with E-state index in [0.717, 1.165) is 13.1 Å². The summed E-state index contributed by atoms with van der Waals surface area (Å²) >= 11 is 0. The molecule has 0 fully saturated rings. The molecule has 0 saturated heterocycles. The second-order valence-corrected chi connectivity index (χ2v) is 2.80. The summed E-state index contributed by atoms with van der Waals surface area (Å²) in [5, 5.41) is 3.23. The van der Waals surface area contributed by atoms with Crippen molar-refractivity contribution in [2.45, 2.75) is 19.5 Å². The van der Waals surface area contributed by atoms with Gasteiger partial charge in [0.05, 0.1) is 0 Å². The summed E-state index contributed by atoms with van der Waals surface area (Å²) in [7, 11) is 0. The molecular formula is C8H15N3. The molecule has 1 aromatic rings. The number of hydrogen-bond donors (Lipinski definition) is 3. The van der Waals surface area contributed by atoms with E-state index in [4.69, 9.17) is 5.73 Å². The van der Waals surface area contributed by atoms with Crippen LogP contribution in [0.4, 0.5) is 0 Å². The molecule has 1 aromatic heterocycles. The van der Waals surface area contributed by atoms with Crippen molar-refractivity contribution >= 4 is 0 Å². The lowest BCUT2D eigenvalue weighted by Gasteiger charge is -2.05. The summed E-state index contributed by atoms with van der Waals surface area (Å²) in [6.07, 6.45) is 1.92. The third-order valence-electron chi connectivity index (χ3n) is 1.44. The SMILES string of the molecule is CC(N)CNCc1ccc[nH]1. The fraction of sp³-hybridized carbons (Fsp3) is 0.500. The molecule has 1 rings (SSSR count). The van der Waals surface area contributed by atoms with Crippen LogP contribution in [0.2, 0.25) is 0 Å². The average Bonchev–Trinajstić information content (AvgIpc) is 2.39. The first kappa shape index (κ1) is 8.30. The Balaban J connectivity index is 2.14. The smallest absolute Gasteiger partial charge is 0.0357 e. The van der Waals surface area contributed by atoms with E-state index >= 15 is 0 Å². The van der Waals surface area contributed by atoms with E-state index in [-0.39, 0.29) is 6.04 Å². The highest BCUT2D eigenvalue weighted by Crippen LogP contribution is 1.92. The molecule has 11 heavy (non-hydrogen) atoms. The quantitative estimate of drug-likeness (QED) is 0.588. The summed E-state index contributed by atoms with van der Waals surface area (Å²) < 4.78 is 0. The van der Waals surface area contributed by atoms with Crippen LogP contribution in [-0.4, -0.2) is 17.6 Å². The Morgan fingerprint density at radius 2 is 2.55 bits per heavy atom. The monoisotopic (exact) mass is 153 g/mol. The number of nitrogens with two attached hydrogens (primary N) is 1. The van der Waals surface area contributed by atoms with Gasteiger partial charge in [0.1, 0.15) is 0 Å². The third kappa shape index (κ3) is 3.20. The summed E-state index contributed by atoms with van der Waals surface area (Å²) in [6, 6.07) is 4.27. The number of aromatic amines is 1. The predicted molar refractivity (Wildman–Crippen MR) is 46.1 cm³/mol. The van der Waals surface area contributed by atoms with E-state index in [1.54, 1.807) is 0 Å². The Morgan fingerprint density at radius 1 is 1.73 bits per heavy atom. The molecule has 0 radical (unpaired) electrons. The lowest BCUT2D eigenvalue weighted by Crippen LogP contribution is -2.30. The Hall–Kier alpha value is -0.800. The van der Waals surface area contributed by atoms with Crippen molar-refractivity contribution in [3.8, 4) is 0 Å². The van der Waals surface area contributed by atoms with E-state index < -0.39 is 0 Å². The molecule has 0 aromatic carbocycles. The van der Waals surface area contributed by atoms with Gasteiger partial charge in [0.2, 0.25) is 0 Å². The minimum absolute atomic E-state index is 0.227. The zero-order valence-electron chi connectivity index (χ0n) is 6.80. The van der Waals surface area contributed by atoms with Crippen LogP contribution in [0, 0.1) is 0 Å². The Labute approximate surface area is 67.0 Å². The van der Waals surface area contributed by atoms with Gasteiger partial charge < -0.3 is 16.0 Å². The van der Waals surface area contributed by atoms with Crippen LogP contribution >= 0.6 is 0 Å². The molecule has 62 valence electrons. The molecule has 0 aliphatic heterocycles. The fourth-order valence-electron chi connectivity index (χ4n) is 0.912. The minimum atomic E-state index is 0.227. The van der Waals surface area contributed by atoms with Crippen molar-refractivity contribution in [3.63, 3.8) is 0 Å². The van der Waals surface area contributed by atoms with Crippen LogP contribution in [0.25, 0.3) is 0 Å². The van der Waals surface area contributed by atoms with Crippen molar-refractivity contribution in [1.29, 1.82) is 0 Å². The van der Waals surface area contributed by atoms with E-state index in [2.05, 4.69) is 10.3 Å². The summed E-state index contributed by atoms with van der Waals surface area (Å²) in [6.45, 7) is 3.72. The second-order valence-electron chi connectivity index (χ2n) is 2.80. The predicted octanol–water partition coefficient (Wildman–Crippen LogP) is 0.451. The first-order chi connectivity index (χ1) is 5.29. The normalized spacial score (nSPS) is 13.3. The lowest BCUT2D eigenvalue weighted by atomic mass is 10.3. The lowest BCUT2D eigenvalue weighted by molar-refractivity contribution is 0.603. The number of H-pyrrole nitrogens is 1. The molecule has 3 heteroatoms. The van der Waals surface area contributed by atoms with E-state index in [9.17, 15) is 0 Å². The molecule has 1 heterocycles. The van der Waals surface area contributed by atoms with Crippen molar-refractivity contribution in [2.24, 2.45) is 5.73 Å². The van der Waals surface area contributed by atoms with Crippen molar-refractivity contribution in [2.75, 3.05) is 6.54 Å². The van der Waals surface area contributed by atoms with Crippen molar-refractivity contribution < 1.29 is 0 Å². The van der Waals surface area contributed by atoms with Crippen LogP contribution in [0.15, 0.2) is 18.3 Å². The van der Waals surface area contributed by atoms with E-state index in [1.807, 2.05) is 25.3 Å². The van der Waals surface area contributed by atoms with Gasteiger partial charge in [-0.25, -0.2) is 0 Å². The van der Waals surface area contributed by atoms with Crippen molar-refractivity contribution in [3.05, 3.63) is 24.0 Å². The zero-order valence-corrected chi connectivity index (χ0v) is 6.80. The van der Waals surface area contributed by atoms with Gasteiger partial charge in [-0.2, -0.15) is 0 Å². The van der Waals surface area contributed by atoms with E-state index in [1.165, 1.54) is 5.69 Å². The van der Waals surface area contributed by atoms with Crippen LogP contribution < -0.4 is 11.1 Å². The molecule has 3 nitrogen and oxygen atoms in total. The Kier molecular flexibility index (Phi) is 3.14. The van der Waals surface area contributed by atoms with Crippen LogP contribution in [0.3, 0.4) is 0 Å². The van der Waals surface area contributed by atoms with Crippen molar-refractivity contribution in [1.82, 2.24) is 10.3 Å². The van der Waals surface area contributed by atoms with Gasteiger partial charge in [-0.05, 0) is 19.1 Å². The number of aromatic nitrogens is 1. The van der Waals surface area contributed by atoms with Crippen LogP contribution in [0.1, 0.15) is 12.6 Å². The maximum absolute atomic E-state index is 5.56. The summed E-state index contributed by atoms with van der Waals surface area (Å²) in [4.78, 5) is 3.11. The first-order valence-electron chi connectivity index (χ1n) is 3.87. The molecule has 0 bridgehead atoms. The molecular weight excluding hydrogens is 138 g/mol. The molecule has 1 atom stereocenters. The van der Waals surface area contributed by atoms with Crippen LogP contribution in [0.5, 0.6) is 0 Å². The average molecular weight is 153 g/mol. The third-order valence-corrected chi connectivity index (χ3v) is 1.44. The van der Waals surface area contributed by atoms with Gasteiger partial charge in [0.15, 0.2) is 0 Å². The molecule has 0 spiro atoms. The fourth-order valence-corrected chi connectivity index (χ4v) is 0.912. The maximum atomic E-state index is 5.56. The molecule has 1 unspecified atom stereocenters. The molecule has 4 N–H and O–H groups in total. The second kappa shape index (κ2) is 4.16. The molecule has 0 saturated carbocycles. The highest BCUT2D eigenvalue weighted by molar-refractivity contribution is 5.02. The first-order valence-corrected chi connectivity index (χ1v) is 3.87. The van der Waals surface area contributed by atoms with E-state index in [0.29, 0.717) is 0 Å². The van der Waals surface area contributed by atoms with Gasteiger partial charge in [-0.15, -0.1) is 0 Å². The summed E-state index contributed by atoms with van der Waals surface area (Å²) in [5.41, 5.74) is 6.76. The zero-order chi connectivity index (χ0) is 8.10. The standard InChI is InChI=1S/C8H15N3/c1-7(9)5-10-6-8-3-2-4-11-8/h2-4,7,10-11H,5-6,9H2,1H3. The topological polar surface area (TPSA) is 53.8 Å². The summed E-state index contributed by atoms with van der Waals surface area (Å²) in [5.74, 6) is 0. The molecule has 0 aliphatic carbocycles. The Morgan fingerprint density at radius 3 is 3.09 bits per heavy atom. The number of nitrogens with one attached hydrogen (secondary N) is 2. The molecule has 0 aliphatic rings. The largest absolute Gasteiger partial charge is 0.364 e. The van der Waals surface area contributed by atoms with Gasteiger partial charge >= 0.3 is 0 Å². The van der Waals surface area contributed by atoms with Gasteiger partial charge in [-0.1, -0.05) is 0 Å². The van der Waals surface area contributed by atoms with Crippen LogP contribution in [-0.2, 0) is 6.54 Å². The minimum Gasteiger partial charge on any atom is -0.364 e. The highest BCUT2D eigenvalue weighted by atomic mass is 14.9. The number of hydrogen-bond acceptors (Lipinski definition) is 2. The maximum Gasteiger partial charge on any atom is 0.0357 e. The van der Waals surface area contributed by atoms with Gasteiger partial charge in [0.25, 0.3) is 0 Å². The highest BCUT2D eigenvalue weighted by Gasteiger charge is 1.93.